The first-order chi connectivity index (χ1) is 13.7. The molecule has 1 atom stereocenters. The van der Waals surface area contributed by atoms with E-state index in [1.54, 1.807) is 12.4 Å². The topological polar surface area (TPSA) is 87.7 Å². The van der Waals surface area contributed by atoms with E-state index in [1.807, 2.05) is 42.5 Å². The summed E-state index contributed by atoms with van der Waals surface area (Å²) in [5.41, 5.74) is 3.34. The fourth-order valence-corrected chi connectivity index (χ4v) is 3.61. The quantitative estimate of drug-likeness (QED) is 0.687. The van der Waals surface area contributed by atoms with Crippen molar-refractivity contribution in [2.24, 2.45) is 5.92 Å². The maximum atomic E-state index is 12.6. The zero-order valence-corrected chi connectivity index (χ0v) is 15.5. The Hall–Kier alpha value is -3.28. The molecule has 0 saturated carbocycles. The third-order valence-electron chi connectivity index (χ3n) is 5.21. The number of H-pyrrole nitrogens is 1. The molecular formula is C22H22N4O2. The number of aromatic nitrogens is 3. The number of rotatable bonds is 4. The monoisotopic (exact) mass is 374 g/mol. The molecule has 3 aromatic rings. The Balaban J connectivity index is 1.47. The van der Waals surface area contributed by atoms with Gasteiger partial charge >= 0.3 is 0 Å². The number of nitrogens with zero attached hydrogens (tertiary/aromatic N) is 2. The lowest BCUT2D eigenvalue weighted by Crippen LogP contribution is -2.30. The molecule has 28 heavy (non-hydrogen) atoms. The number of carbonyl (C=O) groups excluding carboxylic acids is 1. The van der Waals surface area contributed by atoms with Gasteiger partial charge in [-0.15, -0.1) is 0 Å². The van der Waals surface area contributed by atoms with Gasteiger partial charge in [0.2, 0.25) is 5.91 Å². The van der Waals surface area contributed by atoms with Gasteiger partial charge in [0.05, 0.1) is 5.69 Å². The van der Waals surface area contributed by atoms with E-state index in [4.69, 9.17) is 4.98 Å². The first-order valence-electron chi connectivity index (χ1n) is 9.55. The Labute approximate surface area is 163 Å². The van der Waals surface area contributed by atoms with Gasteiger partial charge in [-0.1, -0.05) is 30.3 Å². The lowest BCUT2D eigenvalue weighted by atomic mass is 9.98. The van der Waals surface area contributed by atoms with Gasteiger partial charge in [0, 0.05) is 36.0 Å². The summed E-state index contributed by atoms with van der Waals surface area (Å²) >= 11 is 0. The summed E-state index contributed by atoms with van der Waals surface area (Å²) in [5, 5.41) is 3.00. The molecule has 0 bridgehead atoms. The largest absolute Gasteiger partial charge is 0.352 e. The summed E-state index contributed by atoms with van der Waals surface area (Å²) in [6.07, 6.45) is 5.98. The molecule has 2 N–H and O–H groups in total. The van der Waals surface area contributed by atoms with Crippen molar-refractivity contribution in [1.82, 2.24) is 20.3 Å². The van der Waals surface area contributed by atoms with Gasteiger partial charge in [0.1, 0.15) is 5.82 Å². The first-order valence-corrected chi connectivity index (χ1v) is 9.55. The van der Waals surface area contributed by atoms with Gasteiger partial charge in [-0.2, -0.15) is 0 Å². The minimum atomic E-state index is -0.115. The predicted octanol–water partition coefficient (Wildman–Crippen LogP) is 2.64. The number of hydrogen-bond donors (Lipinski definition) is 2. The molecule has 6 nitrogen and oxygen atoms in total. The molecule has 2 heterocycles. The van der Waals surface area contributed by atoms with Gasteiger partial charge < -0.3 is 10.3 Å². The van der Waals surface area contributed by atoms with E-state index in [1.165, 1.54) is 0 Å². The molecule has 1 aliphatic rings. The second-order valence-electron chi connectivity index (χ2n) is 7.05. The van der Waals surface area contributed by atoms with E-state index in [-0.39, 0.29) is 17.4 Å². The van der Waals surface area contributed by atoms with E-state index in [0.717, 1.165) is 16.8 Å². The van der Waals surface area contributed by atoms with E-state index >= 15 is 0 Å². The Morgan fingerprint density at radius 2 is 1.82 bits per heavy atom. The summed E-state index contributed by atoms with van der Waals surface area (Å²) in [7, 11) is 0. The van der Waals surface area contributed by atoms with Crippen LogP contribution in [-0.4, -0.2) is 20.9 Å². The number of pyridine rings is 1. The summed E-state index contributed by atoms with van der Waals surface area (Å²) in [6, 6.07) is 13.4. The Kier molecular flexibility index (Phi) is 5.28. The molecule has 1 aromatic carbocycles. The second kappa shape index (κ2) is 8.17. The molecule has 2 aromatic heterocycles. The van der Waals surface area contributed by atoms with E-state index in [2.05, 4.69) is 15.3 Å². The number of hydrogen-bond acceptors (Lipinski definition) is 4. The Bertz CT molecular complexity index is 1020. The van der Waals surface area contributed by atoms with Crippen molar-refractivity contribution in [2.45, 2.75) is 32.2 Å². The highest BCUT2D eigenvalue weighted by Gasteiger charge is 2.25. The average Bonchev–Trinajstić information content (AvgIpc) is 2.96. The lowest BCUT2D eigenvalue weighted by molar-refractivity contribution is -0.125. The smallest absolute Gasteiger partial charge is 0.254 e. The van der Waals surface area contributed by atoms with Gasteiger partial charge in [0.15, 0.2) is 0 Å². The highest BCUT2D eigenvalue weighted by atomic mass is 16.2. The average molecular weight is 374 g/mol. The maximum absolute atomic E-state index is 12.6. The first kappa shape index (κ1) is 18.1. The maximum Gasteiger partial charge on any atom is 0.254 e. The van der Waals surface area contributed by atoms with Gasteiger partial charge in [-0.25, -0.2) is 4.98 Å². The van der Waals surface area contributed by atoms with Crippen LogP contribution in [0.5, 0.6) is 0 Å². The summed E-state index contributed by atoms with van der Waals surface area (Å²) in [5.74, 6) is 0.505. The fourth-order valence-electron chi connectivity index (χ4n) is 3.61. The van der Waals surface area contributed by atoms with Crippen molar-refractivity contribution >= 4 is 5.91 Å². The summed E-state index contributed by atoms with van der Waals surface area (Å²) in [6.45, 7) is 0.488. The fraction of sp³-hybridized carbons (Fsp3) is 0.273. The van der Waals surface area contributed by atoms with Crippen LogP contribution in [0.25, 0.3) is 11.4 Å². The molecule has 0 radical (unpaired) electrons. The van der Waals surface area contributed by atoms with Crippen LogP contribution in [0, 0.1) is 5.92 Å². The van der Waals surface area contributed by atoms with Crippen LogP contribution < -0.4 is 10.9 Å². The number of aryl methyl sites for hydroxylation is 1. The Morgan fingerprint density at radius 1 is 1.07 bits per heavy atom. The van der Waals surface area contributed by atoms with E-state index in [0.29, 0.717) is 43.6 Å². The third kappa shape index (κ3) is 4.01. The van der Waals surface area contributed by atoms with Crippen LogP contribution in [0.15, 0.2) is 59.7 Å². The molecule has 6 heteroatoms. The molecule has 4 rings (SSSR count). The molecule has 1 aliphatic carbocycles. The van der Waals surface area contributed by atoms with Crippen molar-refractivity contribution in [3.8, 4) is 11.4 Å². The zero-order chi connectivity index (χ0) is 19.3. The zero-order valence-electron chi connectivity index (χ0n) is 15.5. The van der Waals surface area contributed by atoms with Crippen molar-refractivity contribution in [1.29, 1.82) is 0 Å². The second-order valence-corrected chi connectivity index (χ2v) is 7.05. The SMILES string of the molecule is O=C(NCc1ccncc1)C1CCc2nc(-c3ccccc3)[nH]c(=O)c2CC1. The number of aromatic amines is 1. The number of amides is 1. The van der Waals surface area contributed by atoms with Crippen LogP contribution >= 0.6 is 0 Å². The lowest BCUT2D eigenvalue weighted by Gasteiger charge is -2.14. The van der Waals surface area contributed by atoms with Crippen LogP contribution in [-0.2, 0) is 24.2 Å². The third-order valence-corrected chi connectivity index (χ3v) is 5.21. The molecular weight excluding hydrogens is 352 g/mol. The van der Waals surface area contributed by atoms with Crippen LogP contribution in [0.1, 0.15) is 29.7 Å². The Morgan fingerprint density at radius 3 is 2.61 bits per heavy atom. The normalized spacial score (nSPS) is 16.1. The highest BCUT2D eigenvalue weighted by Crippen LogP contribution is 2.23. The van der Waals surface area contributed by atoms with Crippen LogP contribution in [0.4, 0.5) is 0 Å². The summed E-state index contributed by atoms with van der Waals surface area (Å²) in [4.78, 5) is 36.8. The predicted molar refractivity (Wildman–Crippen MR) is 107 cm³/mol. The molecule has 0 aliphatic heterocycles. The number of fused-ring (bicyclic) bond motifs is 1. The van der Waals surface area contributed by atoms with Crippen molar-refractivity contribution in [2.75, 3.05) is 0 Å². The molecule has 0 saturated heterocycles. The van der Waals surface area contributed by atoms with Gasteiger partial charge in [-0.3, -0.25) is 14.6 Å². The van der Waals surface area contributed by atoms with E-state index in [9.17, 15) is 9.59 Å². The number of nitrogens with one attached hydrogen (secondary N) is 2. The van der Waals surface area contributed by atoms with Crippen molar-refractivity contribution in [3.05, 3.63) is 82.0 Å². The van der Waals surface area contributed by atoms with Crippen LogP contribution in [0.2, 0.25) is 0 Å². The van der Waals surface area contributed by atoms with Crippen molar-refractivity contribution < 1.29 is 4.79 Å². The molecule has 1 amide bonds. The van der Waals surface area contributed by atoms with E-state index < -0.39 is 0 Å². The standard InChI is InChI=1S/C22H22N4O2/c27-21(24-14-15-10-12-23-13-11-15)17-6-8-18-19(9-7-17)25-20(26-22(18)28)16-4-2-1-3-5-16/h1-5,10-13,17H,6-9,14H2,(H,24,27)(H,25,26,28). The molecule has 1 unspecified atom stereocenters. The molecule has 142 valence electrons. The highest BCUT2D eigenvalue weighted by molar-refractivity contribution is 5.78. The molecule has 0 fully saturated rings. The number of carbonyl (C=O) groups is 1. The minimum absolute atomic E-state index is 0.0318. The van der Waals surface area contributed by atoms with Gasteiger partial charge in [0.25, 0.3) is 5.56 Å². The minimum Gasteiger partial charge on any atom is -0.352 e. The van der Waals surface area contributed by atoms with Crippen molar-refractivity contribution in [3.63, 3.8) is 0 Å². The summed E-state index contributed by atoms with van der Waals surface area (Å²) < 4.78 is 0. The number of benzene rings is 1. The van der Waals surface area contributed by atoms with Crippen LogP contribution in [0.3, 0.4) is 0 Å². The van der Waals surface area contributed by atoms with Gasteiger partial charge in [-0.05, 0) is 43.4 Å². The molecule has 0 spiro atoms.